The highest BCUT2D eigenvalue weighted by molar-refractivity contribution is 8.14. The predicted octanol–water partition coefficient (Wildman–Crippen LogP) is -0.490. The van der Waals surface area contributed by atoms with Crippen molar-refractivity contribution < 1.29 is 15.3 Å². The molecule has 0 bridgehead atoms. The van der Waals surface area contributed by atoms with Crippen LogP contribution in [0, 0.1) is 5.92 Å². The van der Waals surface area contributed by atoms with Gasteiger partial charge in [0.2, 0.25) is 0 Å². The first-order valence-corrected chi connectivity index (χ1v) is 6.75. The minimum atomic E-state index is -0.887. The van der Waals surface area contributed by atoms with E-state index >= 15 is 0 Å². The number of aliphatic hydroxyl groups is 3. The highest BCUT2D eigenvalue weighted by Crippen LogP contribution is 2.41. The van der Waals surface area contributed by atoms with Gasteiger partial charge in [0.25, 0.3) is 0 Å². The molecular formula is C11H20N2O3S. The van der Waals surface area contributed by atoms with Crippen LogP contribution in [0.1, 0.15) is 13.3 Å². The zero-order chi connectivity index (χ0) is 12.7. The van der Waals surface area contributed by atoms with E-state index in [2.05, 4.69) is 4.99 Å². The quantitative estimate of drug-likeness (QED) is 0.593. The molecule has 6 heteroatoms. The Hall–Kier alpha value is -0.300. The fourth-order valence-corrected chi connectivity index (χ4v) is 3.84. The Morgan fingerprint density at radius 1 is 1.35 bits per heavy atom. The topological polar surface area (TPSA) is 76.3 Å². The lowest BCUT2D eigenvalue weighted by molar-refractivity contribution is -0.0835. The van der Waals surface area contributed by atoms with Crippen LogP contribution in [0.2, 0.25) is 0 Å². The number of thioether (sulfide) groups is 1. The van der Waals surface area contributed by atoms with Gasteiger partial charge in [-0.2, -0.15) is 0 Å². The zero-order valence-corrected chi connectivity index (χ0v) is 11.1. The first kappa shape index (κ1) is 13.1. The number of hydrogen-bond donors (Lipinski definition) is 3. The van der Waals surface area contributed by atoms with Crippen molar-refractivity contribution in [1.82, 2.24) is 4.90 Å². The fourth-order valence-electron chi connectivity index (χ4n) is 2.50. The molecule has 6 atom stereocenters. The van der Waals surface area contributed by atoms with Crippen molar-refractivity contribution >= 4 is 16.9 Å². The molecule has 0 aromatic carbocycles. The number of aliphatic imine (C=N–C) groups is 1. The van der Waals surface area contributed by atoms with Crippen LogP contribution in [-0.2, 0) is 0 Å². The van der Waals surface area contributed by atoms with Crippen LogP contribution in [0.25, 0.3) is 0 Å². The number of amidine groups is 1. The molecule has 0 aromatic heterocycles. The summed E-state index contributed by atoms with van der Waals surface area (Å²) in [5, 5.41) is 30.7. The van der Waals surface area contributed by atoms with Gasteiger partial charge in [0.15, 0.2) is 5.17 Å². The second-order valence-electron chi connectivity index (χ2n) is 5.07. The lowest BCUT2D eigenvalue weighted by atomic mass is 9.78. The van der Waals surface area contributed by atoms with Crippen LogP contribution in [0.4, 0.5) is 0 Å². The van der Waals surface area contributed by atoms with Gasteiger partial charge in [0.05, 0.1) is 18.2 Å². The second-order valence-corrected chi connectivity index (χ2v) is 6.28. The van der Waals surface area contributed by atoms with Crippen molar-refractivity contribution in [2.24, 2.45) is 10.9 Å². The first-order chi connectivity index (χ1) is 7.91. The van der Waals surface area contributed by atoms with Crippen LogP contribution >= 0.6 is 11.8 Å². The third-order valence-electron chi connectivity index (χ3n) is 3.54. The van der Waals surface area contributed by atoms with Gasteiger partial charge >= 0.3 is 0 Å². The highest BCUT2D eigenvalue weighted by Gasteiger charge is 2.48. The molecule has 17 heavy (non-hydrogen) atoms. The summed E-state index contributed by atoms with van der Waals surface area (Å²) in [5.74, 6) is -0.268. The van der Waals surface area contributed by atoms with E-state index in [1.807, 2.05) is 19.0 Å². The predicted molar refractivity (Wildman–Crippen MR) is 68.1 cm³/mol. The van der Waals surface area contributed by atoms with Crippen LogP contribution in [0.5, 0.6) is 0 Å². The average Bonchev–Trinajstić information content (AvgIpc) is 2.67. The van der Waals surface area contributed by atoms with Crippen LogP contribution in [0.3, 0.4) is 0 Å². The maximum Gasteiger partial charge on any atom is 0.159 e. The van der Waals surface area contributed by atoms with Crippen molar-refractivity contribution in [3.8, 4) is 0 Å². The van der Waals surface area contributed by atoms with Gasteiger partial charge < -0.3 is 20.2 Å². The van der Waals surface area contributed by atoms with Gasteiger partial charge in [-0.3, -0.25) is 4.99 Å². The molecule has 98 valence electrons. The van der Waals surface area contributed by atoms with Gasteiger partial charge in [-0.15, -0.1) is 0 Å². The third kappa shape index (κ3) is 2.31. The van der Waals surface area contributed by atoms with Gasteiger partial charge in [0.1, 0.15) is 6.10 Å². The summed E-state index contributed by atoms with van der Waals surface area (Å²) in [6, 6.07) is -0.248. The monoisotopic (exact) mass is 260 g/mol. The molecular weight excluding hydrogens is 240 g/mol. The summed E-state index contributed by atoms with van der Waals surface area (Å²) in [4.78, 5) is 6.36. The Kier molecular flexibility index (Phi) is 3.68. The minimum absolute atomic E-state index is 0.158. The lowest BCUT2D eigenvalue weighted by Crippen LogP contribution is -2.53. The number of hydrogen-bond acceptors (Lipinski definition) is 6. The molecule has 2 aliphatic rings. The van der Waals surface area contributed by atoms with Crippen molar-refractivity contribution in [3.63, 3.8) is 0 Å². The van der Waals surface area contributed by atoms with Gasteiger partial charge in [0, 0.05) is 25.3 Å². The number of rotatable bonds is 1. The Morgan fingerprint density at radius 3 is 2.53 bits per heavy atom. The van der Waals surface area contributed by atoms with E-state index in [4.69, 9.17) is 0 Å². The Bertz CT molecular complexity index is 322. The van der Waals surface area contributed by atoms with E-state index in [9.17, 15) is 15.3 Å². The van der Waals surface area contributed by atoms with E-state index in [1.165, 1.54) is 0 Å². The van der Waals surface area contributed by atoms with E-state index in [-0.39, 0.29) is 17.2 Å². The molecule has 1 aliphatic carbocycles. The molecule has 0 saturated heterocycles. The van der Waals surface area contributed by atoms with Crippen molar-refractivity contribution in [3.05, 3.63) is 0 Å². The molecule has 3 N–H and O–H groups in total. The van der Waals surface area contributed by atoms with E-state index in [1.54, 1.807) is 18.7 Å². The maximum absolute atomic E-state index is 10.1. The van der Waals surface area contributed by atoms with Crippen LogP contribution in [-0.4, -0.2) is 69.1 Å². The van der Waals surface area contributed by atoms with Gasteiger partial charge in [-0.1, -0.05) is 11.8 Å². The molecule has 1 fully saturated rings. The summed E-state index contributed by atoms with van der Waals surface area (Å²) in [6.07, 6.45) is -1.68. The van der Waals surface area contributed by atoms with E-state index in [0.717, 1.165) is 5.17 Å². The van der Waals surface area contributed by atoms with E-state index < -0.39 is 18.3 Å². The SMILES string of the molecule is CC(O)[C@H]1C[C@@H]2SC(N(C)C)=N[C@@H]2[C@@H](O)[C@@H]1O. The van der Waals surface area contributed by atoms with Crippen LogP contribution < -0.4 is 0 Å². The van der Waals surface area contributed by atoms with E-state index in [0.29, 0.717) is 6.42 Å². The summed E-state index contributed by atoms with van der Waals surface area (Å²) >= 11 is 1.62. The first-order valence-electron chi connectivity index (χ1n) is 5.87. The molecule has 0 amide bonds. The number of fused-ring (bicyclic) bond motifs is 1. The van der Waals surface area contributed by atoms with Crippen LogP contribution in [0.15, 0.2) is 4.99 Å². The summed E-state index contributed by atoms with van der Waals surface area (Å²) < 4.78 is 0. The summed E-state index contributed by atoms with van der Waals surface area (Å²) in [5.41, 5.74) is 0. The molecule has 0 aromatic rings. The average molecular weight is 260 g/mol. The molecule has 5 nitrogen and oxygen atoms in total. The fraction of sp³-hybridized carbons (Fsp3) is 0.909. The highest BCUT2D eigenvalue weighted by atomic mass is 32.2. The molecule has 1 saturated carbocycles. The maximum atomic E-state index is 10.1. The smallest absolute Gasteiger partial charge is 0.159 e. The van der Waals surface area contributed by atoms with Crippen molar-refractivity contribution in [2.75, 3.05) is 14.1 Å². The molecule has 1 heterocycles. The Balaban J connectivity index is 2.15. The minimum Gasteiger partial charge on any atom is -0.393 e. The molecule has 0 radical (unpaired) electrons. The Morgan fingerprint density at radius 2 is 2.00 bits per heavy atom. The van der Waals surface area contributed by atoms with Gasteiger partial charge in [-0.05, 0) is 13.3 Å². The zero-order valence-electron chi connectivity index (χ0n) is 10.3. The molecule has 1 aliphatic heterocycles. The Labute approximate surface area is 106 Å². The largest absolute Gasteiger partial charge is 0.393 e. The number of aliphatic hydroxyl groups excluding tert-OH is 3. The second kappa shape index (κ2) is 4.76. The lowest BCUT2D eigenvalue weighted by Gasteiger charge is -2.39. The number of nitrogens with zero attached hydrogens (tertiary/aromatic N) is 2. The molecule has 2 rings (SSSR count). The standard InChI is InChI=1S/C11H20N2O3S/c1-5(14)6-4-7-8(10(16)9(6)15)12-11(17-7)13(2)3/h5-10,14-16H,4H2,1-3H3/t5?,6-,7+,8+,9-,10-/m1/s1. The van der Waals surface area contributed by atoms with Crippen molar-refractivity contribution in [2.45, 2.75) is 42.9 Å². The summed E-state index contributed by atoms with van der Waals surface area (Å²) in [7, 11) is 3.83. The van der Waals surface area contributed by atoms with Crippen molar-refractivity contribution in [1.29, 1.82) is 0 Å². The van der Waals surface area contributed by atoms with Gasteiger partial charge in [-0.25, -0.2) is 0 Å². The molecule has 0 spiro atoms. The normalized spacial score (nSPS) is 42.9. The third-order valence-corrected chi connectivity index (χ3v) is 5.00. The molecule has 1 unspecified atom stereocenters. The summed E-state index contributed by atoms with van der Waals surface area (Å²) in [6.45, 7) is 1.66.